The standard InChI is InChI=1S/C36H69NO4S/c1-3-5-7-8-9-10-11-12-15-18-21-24-27-30-34-42(40,41)37-36(39)33-29-26-23-20-17-14-13-16-19-22-25-28-32-35(38)31-6-4-2/h20,23,28,32,35,38H,3-19,21-22,24-27,29-31,33-34H2,1-2H3,(H,37,39)/t35-/m1/s1. The summed E-state index contributed by atoms with van der Waals surface area (Å²) in [6.07, 6.45) is 38.4. The van der Waals surface area contributed by atoms with Gasteiger partial charge in [0.2, 0.25) is 15.9 Å². The third-order valence-electron chi connectivity index (χ3n) is 7.93. The van der Waals surface area contributed by atoms with E-state index in [-0.39, 0.29) is 24.2 Å². The first-order valence-corrected chi connectivity index (χ1v) is 19.6. The molecule has 0 aliphatic heterocycles. The quantitative estimate of drug-likeness (QED) is 0.0585. The molecule has 42 heavy (non-hydrogen) atoms. The maximum atomic E-state index is 12.2. The predicted octanol–water partition coefficient (Wildman–Crippen LogP) is 10.5. The zero-order valence-electron chi connectivity index (χ0n) is 27.8. The average molecular weight is 612 g/mol. The number of sulfonamides is 1. The van der Waals surface area contributed by atoms with Crippen LogP contribution in [0.2, 0.25) is 0 Å². The van der Waals surface area contributed by atoms with Gasteiger partial charge in [-0.05, 0) is 51.4 Å². The van der Waals surface area contributed by atoms with Crippen LogP contribution in [0.15, 0.2) is 24.3 Å². The van der Waals surface area contributed by atoms with E-state index in [1.54, 1.807) is 0 Å². The number of amides is 1. The van der Waals surface area contributed by atoms with Gasteiger partial charge >= 0.3 is 0 Å². The highest BCUT2D eigenvalue weighted by atomic mass is 32.2. The van der Waals surface area contributed by atoms with Crippen molar-refractivity contribution in [2.75, 3.05) is 5.75 Å². The van der Waals surface area contributed by atoms with Crippen molar-refractivity contribution in [1.82, 2.24) is 4.72 Å². The van der Waals surface area contributed by atoms with Crippen molar-refractivity contribution in [2.24, 2.45) is 0 Å². The van der Waals surface area contributed by atoms with Crippen LogP contribution in [0.25, 0.3) is 0 Å². The molecule has 0 aromatic heterocycles. The topological polar surface area (TPSA) is 83.5 Å². The van der Waals surface area contributed by atoms with Crippen molar-refractivity contribution < 1.29 is 18.3 Å². The highest BCUT2D eigenvalue weighted by Gasteiger charge is 2.13. The van der Waals surface area contributed by atoms with E-state index in [2.05, 4.69) is 36.8 Å². The summed E-state index contributed by atoms with van der Waals surface area (Å²) in [6, 6.07) is 0. The lowest BCUT2D eigenvalue weighted by molar-refractivity contribution is -0.119. The monoisotopic (exact) mass is 611 g/mol. The number of unbranched alkanes of at least 4 members (excludes halogenated alkanes) is 21. The molecule has 1 amide bonds. The first-order chi connectivity index (χ1) is 20.4. The van der Waals surface area contributed by atoms with Gasteiger partial charge in [0.05, 0.1) is 11.9 Å². The Morgan fingerprint density at radius 1 is 0.595 bits per heavy atom. The number of aliphatic hydroxyl groups is 1. The molecule has 0 saturated heterocycles. The number of carbonyl (C=O) groups is 1. The fourth-order valence-electron chi connectivity index (χ4n) is 5.20. The third-order valence-corrected chi connectivity index (χ3v) is 9.30. The van der Waals surface area contributed by atoms with Gasteiger partial charge in [0, 0.05) is 6.42 Å². The Morgan fingerprint density at radius 2 is 1.02 bits per heavy atom. The molecule has 0 radical (unpaired) electrons. The van der Waals surface area contributed by atoms with Crippen molar-refractivity contribution in [3.63, 3.8) is 0 Å². The molecule has 2 N–H and O–H groups in total. The van der Waals surface area contributed by atoms with Crippen LogP contribution in [0.3, 0.4) is 0 Å². The summed E-state index contributed by atoms with van der Waals surface area (Å²) in [5.41, 5.74) is 0. The molecule has 5 nitrogen and oxygen atoms in total. The Labute approximate surface area is 261 Å². The van der Waals surface area contributed by atoms with Crippen molar-refractivity contribution in [3.8, 4) is 0 Å². The molecule has 1 atom stereocenters. The second kappa shape index (κ2) is 31.3. The number of carbonyl (C=O) groups excluding carboxylic acids is 1. The van der Waals surface area contributed by atoms with Crippen LogP contribution in [-0.2, 0) is 14.8 Å². The molecule has 0 fully saturated rings. The molecule has 6 heteroatoms. The molecule has 0 rings (SSSR count). The molecule has 0 aromatic carbocycles. The first-order valence-electron chi connectivity index (χ1n) is 17.9. The van der Waals surface area contributed by atoms with E-state index in [1.165, 1.54) is 103 Å². The van der Waals surface area contributed by atoms with Crippen molar-refractivity contribution >= 4 is 15.9 Å². The Morgan fingerprint density at radius 3 is 1.55 bits per heavy atom. The van der Waals surface area contributed by atoms with Crippen molar-refractivity contribution in [3.05, 3.63) is 24.3 Å². The van der Waals surface area contributed by atoms with Gasteiger partial charge in [0.15, 0.2) is 0 Å². The number of allylic oxidation sites excluding steroid dienone is 3. The average Bonchev–Trinajstić information content (AvgIpc) is 2.96. The highest BCUT2D eigenvalue weighted by Crippen LogP contribution is 2.13. The molecule has 0 aliphatic rings. The minimum atomic E-state index is -3.50. The van der Waals surface area contributed by atoms with Crippen LogP contribution in [0, 0.1) is 0 Å². The van der Waals surface area contributed by atoms with Gasteiger partial charge in [-0.3, -0.25) is 9.52 Å². The van der Waals surface area contributed by atoms with E-state index in [9.17, 15) is 18.3 Å². The third kappa shape index (κ3) is 31.8. The molecule has 248 valence electrons. The smallest absolute Gasteiger partial charge is 0.234 e. The minimum Gasteiger partial charge on any atom is -0.389 e. The maximum absolute atomic E-state index is 12.2. The number of hydrogen-bond donors (Lipinski definition) is 2. The molecule has 0 heterocycles. The van der Waals surface area contributed by atoms with E-state index in [1.807, 2.05) is 6.08 Å². The van der Waals surface area contributed by atoms with Crippen LogP contribution in [0.5, 0.6) is 0 Å². The lowest BCUT2D eigenvalue weighted by Gasteiger charge is -2.07. The summed E-state index contributed by atoms with van der Waals surface area (Å²) in [4.78, 5) is 12.1. The number of rotatable bonds is 32. The maximum Gasteiger partial charge on any atom is 0.234 e. The van der Waals surface area contributed by atoms with Crippen LogP contribution in [-0.4, -0.2) is 31.3 Å². The second-order valence-electron chi connectivity index (χ2n) is 12.3. The lowest BCUT2D eigenvalue weighted by atomic mass is 10.0. The Balaban J connectivity index is 3.54. The Kier molecular flexibility index (Phi) is 30.4. The largest absolute Gasteiger partial charge is 0.389 e. The van der Waals surface area contributed by atoms with Crippen molar-refractivity contribution in [2.45, 2.75) is 193 Å². The zero-order valence-corrected chi connectivity index (χ0v) is 28.6. The van der Waals surface area contributed by atoms with Crippen molar-refractivity contribution in [1.29, 1.82) is 0 Å². The summed E-state index contributed by atoms with van der Waals surface area (Å²) in [5.74, 6) is -0.325. The van der Waals surface area contributed by atoms with Gasteiger partial charge < -0.3 is 5.11 Å². The van der Waals surface area contributed by atoms with E-state index < -0.39 is 10.0 Å². The van der Waals surface area contributed by atoms with Gasteiger partial charge in [-0.2, -0.15) is 0 Å². The highest BCUT2D eigenvalue weighted by molar-refractivity contribution is 7.90. The van der Waals surface area contributed by atoms with Gasteiger partial charge in [-0.25, -0.2) is 8.42 Å². The van der Waals surface area contributed by atoms with Gasteiger partial charge in [-0.1, -0.05) is 154 Å². The summed E-state index contributed by atoms with van der Waals surface area (Å²) in [5, 5.41) is 9.79. The molecule has 0 bridgehead atoms. The SMILES string of the molecule is CCCCCCCCCCCCCCCCS(=O)(=O)NC(=O)CCCC=CCCCCCCCC=C[C@H](O)CCCC. The fourth-order valence-corrected chi connectivity index (χ4v) is 6.33. The first kappa shape index (κ1) is 40.9. The molecular weight excluding hydrogens is 542 g/mol. The number of nitrogens with one attached hydrogen (secondary N) is 1. The summed E-state index contributed by atoms with van der Waals surface area (Å²) < 4.78 is 26.6. The molecule has 0 saturated carbocycles. The molecule has 0 aliphatic carbocycles. The van der Waals surface area contributed by atoms with E-state index in [0.29, 0.717) is 12.8 Å². The molecular formula is C36H69NO4S. The van der Waals surface area contributed by atoms with Gasteiger partial charge in [-0.15, -0.1) is 0 Å². The van der Waals surface area contributed by atoms with Gasteiger partial charge in [0.1, 0.15) is 0 Å². The number of aliphatic hydroxyl groups excluding tert-OH is 1. The van der Waals surface area contributed by atoms with Crippen LogP contribution >= 0.6 is 0 Å². The summed E-state index contributed by atoms with van der Waals surface area (Å²) in [6.45, 7) is 4.40. The molecule has 0 aromatic rings. The Bertz CT molecular complexity index is 747. The van der Waals surface area contributed by atoms with Crippen LogP contribution in [0.4, 0.5) is 0 Å². The fraction of sp³-hybridized carbons (Fsp3) is 0.861. The van der Waals surface area contributed by atoms with Crippen LogP contribution in [0.1, 0.15) is 187 Å². The zero-order chi connectivity index (χ0) is 31.0. The normalized spacial score (nSPS) is 12.9. The predicted molar refractivity (Wildman–Crippen MR) is 182 cm³/mol. The Hall–Kier alpha value is -1.14. The molecule has 0 unspecified atom stereocenters. The minimum absolute atomic E-state index is 0.0511. The van der Waals surface area contributed by atoms with E-state index >= 15 is 0 Å². The van der Waals surface area contributed by atoms with Gasteiger partial charge in [0.25, 0.3) is 0 Å². The van der Waals surface area contributed by atoms with E-state index in [4.69, 9.17) is 0 Å². The summed E-state index contributed by atoms with van der Waals surface area (Å²) >= 11 is 0. The molecule has 0 spiro atoms. The summed E-state index contributed by atoms with van der Waals surface area (Å²) in [7, 11) is -3.50. The number of hydrogen-bond acceptors (Lipinski definition) is 4. The van der Waals surface area contributed by atoms with E-state index in [0.717, 1.165) is 51.4 Å². The lowest BCUT2D eigenvalue weighted by Crippen LogP contribution is -2.32. The second-order valence-corrected chi connectivity index (χ2v) is 14.1. The van der Waals surface area contributed by atoms with Crippen LogP contribution < -0.4 is 4.72 Å².